The minimum atomic E-state index is -1.04. The van der Waals surface area contributed by atoms with Crippen LogP contribution in [0.4, 0.5) is 15.0 Å². The van der Waals surface area contributed by atoms with E-state index in [0.29, 0.717) is 91.5 Å². The van der Waals surface area contributed by atoms with Gasteiger partial charge in [-0.3, -0.25) is 14.3 Å². The van der Waals surface area contributed by atoms with Crippen molar-refractivity contribution in [3.05, 3.63) is 232 Å². The third-order valence-corrected chi connectivity index (χ3v) is 21.5. The van der Waals surface area contributed by atoms with Gasteiger partial charge in [0.15, 0.2) is 5.75 Å². The molecule has 1 saturated carbocycles. The van der Waals surface area contributed by atoms with E-state index < -0.39 is 59.6 Å². The molecule has 4 aromatic heterocycles. The van der Waals surface area contributed by atoms with Gasteiger partial charge >= 0.3 is 12.1 Å². The van der Waals surface area contributed by atoms with Crippen LogP contribution < -0.4 is 19.7 Å². The maximum Gasteiger partial charge on any atom is 0.410 e. The minimum absolute atomic E-state index is 0.00319. The number of carbonyl (C=O) groups excluding carboxylic acids is 3. The summed E-state index contributed by atoms with van der Waals surface area (Å²) in [5.74, 6) is -0.650. The van der Waals surface area contributed by atoms with Gasteiger partial charge < -0.3 is 49.2 Å². The molecule has 107 heavy (non-hydrogen) atoms. The number of carbonyl (C=O) groups is 3. The van der Waals surface area contributed by atoms with Crippen LogP contribution in [0.3, 0.4) is 0 Å². The molecule has 1 aliphatic carbocycles. The zero-order chi connectivity index (χ0) is 74.6. The Hall–Kier alpha value is -10.7. The first-order valence-electron chi connectivity index (χ1n) is 36.6. The number of β-amino-alcohol motifs (C(OH)–C–C–N with tert-alkyl or cyclic N) is 1. The fourth-order valence-electron chi connectivity index (χ4n) is 15.7. The Morgan fingerprint density at radius 2 is 1.42 bits per heavy atom. The van der Waals surface area contributed by atoms with E-state index in [1.807, 2.05) is 155 Å². The average molecular weight is 1460 g/mol. The Morgan fingerprint density at radius 1 is 0.748 bits per heavy atom. The van der Waals surface area contributed by atoms with E-state index in [1.54, 1.807) is 37.7 Å². The lowest BCUT2D eigenvalue weighted by Crippen LogP contribution is -2.50. The molecule has 0 unspecified atom stereocenters. The molecule has 23 heteroatoms. The Bertz CT molecular complexity index is 5000. The molecule has 0 spiro atoms. The number of anilines is 1. The number of hydrogen-bond acceptors (Lipinski definition) is 16. The van der Waals surface area contributed by atoms with Crippen molar-refractivity contribution in [2.24, 2.45) is 5.92 Å². The van der Waals surface area contributed by atoms with Crippen molar-refractivity contribution in [2.75, 3.05) is 44.9 Å². The number of nitrogens with one attached hydrogen (secondary N) is 1. The Kier molecular flexibility index (Phi) is 19.9. The van der Waals surface area contributed by atoms with Gasteiger partial charge in [-0.1, -0.05) is 170 Å². The zero-order valence-electron chi connectivity index (χ0n) is 61.0. The normalized spacial score (nSPS) is 18.2. The number of methoxy groups -OCH3 is 1. The number of hydrogen-bond donors (Lipinski definition) is 3. The highest BCUT2D eigenvalue weighted by Crippen LogP contribution is 2.55. The van der Waals surface area contributed by atoms with Crippen LogP contribution in [0.2, 0.25) is 5.15 Å². The summed E-state index contributed by atoms with van der Waals surface area (Å²) in [7, 11) is 1.62. The summed E-state index contributed by atoms with van der Waals surface area (Å²) in [6.45, 7) is 13.6. The first-order chi connectivity index (χ1) is 51.7. The van der Waals surface area contributed by atoms with Crippen LogP contribution in [0.25, 0.3) is 55.3 Å². The number of aromatic nitrogens is 8. The predicted molar refractivity (Wildman–Crippen MR) is 406 cm³/mol. The van der Waals surface area contributed by atoms with Crippen molar-refractivity contribution in [3.63, 3.8) is 0 Å². The summed E-state index contributed by atoms with van der Waals surface area (Å²) >= 11 is 6.37. The highest BCUT2D eigenvalue weighted by molar-refractivity contribution is 6.32. The largest absolute Gasteiger partial charge is 0.486 e. The summed E-state index contributed by atoms with van der Waals surface area (Å²) in [6.07, 6.45) is 6.14. The second-order valence-electron chi connectivity index (χ2n) is 29.9. The monoisotopic (exact) mass is 1460 g/mol. The van der Waals surface area contributed by atoms with Crippen LogP contribution >= 0.6 is 11.6 Å². The second kappa shape index (κ2) is 29.6. The number of likely N-dealkylation sites (tertiary alicyclic amines) is 2. The van der Waals surface area contributed by atoms with Crippen molar-refractivity contribution >= 4 is 57.1 Å². The summed E-state index contributed by atoms with van der Waals surface area (Å²) in [5.41, 5.74) is 8.75. The quantitative estimate of drug-likeness (QED) is 0.0399. The van der Waals surface area contributed by atoms with E-state index in [-0.39, 0.29) is 68.3 Å². The maximum absolute atomic E-state index is 17.6. The number of nitrogens with zero attached hydrogens (tertiary/aromatic N) is 11. The Morgan fingerprint density at radius 3 is 2.03 bits per heavy atom. The molecule has 4 aliphatic rings. The molecule has 550 valence electrons. The summed E-state index contributed by atoms with van der Waals surface area (Å²) in [4.78, 5) is 63.1. The average Bonchev–Trinajstić information content (AvgIpc) is 1.64. The highest BCUT2D eigenvalue weighted by Gasteiger charge is 2.49. The number of ether oxygens (including phenoxy) is 4. The van der Waals surface area contributed by atoms with Crippen LogP contribution in [0.5, 0.6) is 11.8 Å². The fourth-order valence-corrected chi connectivity index (χ4v) is 15.9. The van der Waals surface area contributed by atoms with Crippen LogP contribution in [-0.4, -0.2) is 154 Å². The van der Waals surface area contributed by atoms with Crippen LogP contribution in [0, 0.1) is 18.7 Å². The van der Waals surface area contributed by atoms with Gasteiger partial charge in [-0.05, 0) is 128 Å². The molecule has 3 amide bonds. The van der Waals surface area contributed by atoms with Gasteiger partial charge in [-0.25, -0.2) is 18.9 Å². The predicted octanol–water partition coefficient (Wildman–Crippen LogP) is 14.0. The van der Waals surface area contributed by atoms with E-state index in [1.165, 1.54) is 15.6 Å². The van der Waals surface area contributed by atoms with E-state index in [2.05, 4.69) is 74.2 Å². The Labute approximate surface area is 625 Å². The zero-order valence-corrected chi connectivity index (χ0v) is 61.8. The molecule has 3 saturated heterocycles. The van der Waals surface area contributed by atoms with Crippen LogP contribution in [-0.2, 0) is 31.2 Å². The van der Waals surface area contributed by atoms with E-state index in [0.717, 1.165) is 51.8 Å². The van der Waals surface area contributed by atoms with Crippen molar-refractivity contribution < 1.29 is 47.9 Å². The van der Waals surface area contributed by atoms with E-state index >= 15 is 4.39 Å². The van der Waals surface area contributed by atoms with Gasteiger partial charge in [-0.15, -0.1) is 5.10 Å². The molecule has 7 heterocycles. The molecular weight excluding hydrogens is 1380 g/mol. The van der Waals surface area contributed by atoms with Gasteiger partial charge in [0.1, 0.15) is 64.4 Å². The van der Waals surface area contributed by atoms with Gasteiger partial charge in [0.25, 0.3) is 0 Å². The number of amides is 3. The van der Waals surface area contributed by atoms with Crippen molar-refractivity contribution in [3.8, 4) is 45.3 Å². The number of piperazine rings is 1. The summed E-state index contributed by atoms with van der Waals surface area (Å²) in [6, 6.07) is 50.1. The van der Waals surface area contributed by atoms with Crippen LogP contribution in [0.15, 0.2) is 182 Å². The first kappa shape index (κ1) is 71.9. The lowest BCUT2D eigenvalue weighted by molar-refractivity contribution is -0.142. The van der Waals surface area contributed by atoms with Crippen molar-refractivity contribution in [1.82, 2.24) is 54.8 Å². The number of aliphatic hydroxyl groups is 2. The van der Waals surface area contributed by atoms with Gasteiger partial charge in [0.05, 0.1) is 48.7 Å². The summed E-state index contributed by atoms with van der Waals surface area (Å²) < 4.78 is 46.7. The first-order valence-corrected chi connectivity index (χ1v) is 37.0. The number of aliphatic hydroxyl groups excluding tert-OH is 2. The van der Waals surface area contributed by atoms with Crippen molar-refractivity contribution in [2.45, 2.75) is 140 Å². The molecule has 2 bridgehead atoms. The number of halogens is 2. The van der Waals surface area contributed by atoms with Gasteiger partial charge in [0, 0.05) is 84.7 Å². The molecule has 3 N–H and O–H groups in total. The number of rotatable bonds is 23. The molecule has 0 radical (unpaired) electrons. The third kappa shape index (κ3) is 14.0. The SMILES string of the molecule is CO[C@@H](C)COc1nc(N2C[C@@H]3C[C@H]2CN3C(=O)OC(C)(C)C)c2cc(C3CC3)c(-c3c(C)c(F)cc4nn(C(c5ccccc5)(c5ccccc5)c5ccccc5)cc34)c(OCc3ccc(-c4cn([C@H](C(=O)N5C[C@H](O)C[C@H]5C(=O)N[C@@H](CO)c5ccc(-c6cccnc6Cl)cc5)C(C)C)nn4)cc3)c2n1. The smallest absolute Gasteiger partial charge is 0.410 e. The maximum atomic E-state index is 17.6. The van der Waals surface area contributed by atoms with Crippen LogP contribution in [0.1, 0.15) is 124 Å². The Balaban J connectivity index is 0.795. The second-order valence-corrected chi connectivity index (χ2v) is 30.2. The molecule has 4 fully saturated rings. The van der Waals surface area contributed by atoms with Gasteiger partial charge in [0.2, 0.25) is 11.8 Å². The number of pyridine rings is 1. The third-order valence-electron chi connectivity index (χ3n) is 21.2. The lowest BCUT2D eigenvalue weighted by atomic mass is 9.77. The van der Waals surface area contributed by atoms with Crippen molar-refractivity contribution in [1.29, 1.82) is 0 Å². The molecule has 21 nitrogen and oxygen atoms in total. The van der Waals surface area contributed by atoms with Gasteiger partial charge in [-0.2, -0.15) is 15.1 Å². The number of fused-ring (bicyclic) bond motifs is 4. The molecule has 3 aliphatic heterocycles. The molecular formula is C84H86ClFN12O9. The molecule has 15 rings (SSSR count). The van der Waals surface area contributed by atoms with E-state index in [9.17, 15) is 24.6 Å². The summed E-state index contributed by atoms with van der Waals surface area (Å²) in [5, 5.41) is 40.9. The topological polar surface area (TPSA) is 238 Å². The standard InChI is InChI=1S/C84H86ClFN12O9/c1-49(2)75(80(102)96-43-62(100)38-71(96)79(101)88-70(46-99)56-34-32-53(33-35-56)63-25-18-36-87-77(63)85)97-45-69(91-93-97)55-28-26-52(27-29-55)48-105-76-73(72-51(4)67(86)40-68-66(72)44-98(92-68)84(57-19-12-9-13-20-57,58-21-14-10-15-22-58)59-23-16-11-17-24-59)64(54-30-31-54)39-65-74(76)89-81(106-47-50(3)104-8)90-78(65)94-41-61-37-60(94)42-95(61)82(103)107-83(5,6)7/h9-29,32-36,39-40,44-45,49-50,54,60-62,70-71,75,99-100H,30-31,37-38,41-43,46-48H2,1-8H3,(H,88,101)/t50-,60-,61-,62+,70-,71-,75-/m0/s1. The molecule has 11 aromatic rings. The number of benzene rings is 7. The molecule has 7 atom stereocenters. The highest BCUT2D eigenvalue weighted by atomic mass is 35.5. The molecule has 7 aromatic carbocycles. The van der Waals surface area contributed by atoms with E-state index in [4.69, 9.17) is 45.6 Å². The minimum Gasteiger partial charge on any atom is -0.486 e. The fraction of sp³-hybridized carbons (Fsp3) is 0.345. The lowest BCUT2D eigenvalue weighted by Gasteiger charge is -2.36.